The van der Waals surface area contributed by atoms with Gasteiger partial charge in [0, 0.05) is 0 Å². The van der Waals surface area contributed by atoms with Gasteiger partial charge >= 0.3 is 5.97 Å². The van der Waals surface area contributed by atoms with E-state index in [1.54, 1.807) is 6.92 Å². The smallest absolute Gasteiger partial charge is 0.332 e. The number of halogens is 2. The molecule has 0 aromatic rings. The second-order valence-electron chi connectivity index (χ2n) is 1.96. The van der Waals surface area contributed by atoms with E-state index in [1.165, 1.54) is 0 Å². The van der Waals surface area contributed by atoms with Crippen molar-refractivity contribution in [2.24, 2.45) is 0 Å². The summed E-state index contributed by atoms with van der Waals surface area (Å²) in [6.07, 6.45) is -3.52. The molecule has 0 fully saturated rings. The Morgan fingerprint density at radius 2 is 2.18 bits per heavy atom. The molecule has 0 aromatic heterocycles. The van der Waals surface area contributed by atoms with E-state index in [-0.39, 0.29) is 6.42 Å². The maximum absolute atomic E-state index is 11.5. The molecule has 66 valence electrons. The van der Waals surface area contributed by atoms with Crippen LogP contribution < -0.4 is 0 Å². The lowest BCUT2D eigenvalue weighted by atomic mass is 10.3. The fraction of sp³-hybridized carbons (Fsp3) is 0.833. The monoisotopic (exact) mass is 168 g/mol. The fourth-order valence-electron chi connectivity index (χ4n) is 0.553. The molecule has 1 N–H and O–H groups in total. The van der Waals surface area contributed by atoms with Crippen LogP contribution in [0.1, 0.15) is 13.3 Å². The van der Waals surface area contributed by atoms with Gasteiger partial charge in [-0.1, -0.05) is 6.92 Å². The quantitative estimate of drug-likeness (QED) is 0.669. The van der Waals surface area contributed by atoms with Crippen molar-refractivity contribution >= 4 is 5.97 Å². The molecule has 0 aromatic carbocycles. The molecule has 0 rings (SSSR count). The van der Waals surface area contributed by atoms with Crippen LogP contribution in [0.2, 0.25) is 0 Å². The van der Waals surface area contributed by atoms with Gasteiger partial charge in [0.25, 0.3) is 6.43 Å². The summed E-state index contributed by atoms with van der Waals surface area (Å²) in [5.41, 5.74) is 0. The second kappa shape index (κ2) is 5.01. The van der Waals surface area contributed by atoms with Gasteiger partial charge in [0.2, 0.25) is 0 Å². The maximum atomic E-state index is 11.5. The van der Waals surface area contributed by atoms with Crippen LogP contribution in [-0.4, -0.2) is 30.2 Å². The van der Waals surface area contributed by atoms with E-state index in [0.717, 1.165) is 0 Å². The molecule has 0 spiro atoms. The van der Waals surface area contributed by atoms with Gasteiger partial charge in [-0.25, -0.2) is 13.6 Å². The summed E-state index contributed by atoms with van der Waals surface area (Å²) in [5, 5.41) is 8.32. The van der Waals surface area contributed by atoms with Crippen LogP contribution in [0.15, 0.2) is 0 Å². The van der Waals surface area contributed by atoms with E-state index in [0.29, 0.717) is 0 Å². The first kappa shape index (κ1) is 10.3. The molecule has 0 bridgehead atoms. The summed E-state index contributed by atoms with van der Waals surface area (Å²) in [6.45, 7) is 0.745. The molecule has 0 aliphatic heterocycles. The third-order valence-corrected chi connectivity index (χ3v) is 1.07. The Bertz CT molecular complexity index is 127. The van der Waals surface area contributed by atoms with Gasteiger partial charge in [-0.2, -0.15) is 0 Å². The Labute approximate surface area is 63.0 Å². The Balaban J connectivity index is 3.61. The molecular weight excluding hydrogens is 158 g/mol. The first-order valence-corrected chi connectivity index (χ1v) is 3.20. The second-order valence-corrected chi connectivity index (χ2v) is 1.96. The van der Waals surface area contributed by atoms with Crippen molar-refractivity contribution in [2.75, 3.05) is 6.61 Å². The predicted octanol–water partition coefficient (Wildman–Crippen LogP) is 1.13. The largest absolute Gasteiger partial charge is 0.479 e. The number of hydrogen-bond acceptors (Lipinski definition) is 2. The predicted molar refractivity (Wildman–Crippen MR) is 33.7 cm³/mol. The van der Waals surface area contributed by atoms with Gasteiger partial charge in [0.1, 0.15) is 6.61 Å². The number of alkyl halides is 2. The number of rotatable bonds is 5. The Morgan fingerprint density at radius 1 is 1.64 bits per heavy atom. The topological polar surface area (TPSA) is 46.5 Å². The van der Waals surface area contributed by atoms with Crippen molar-refractivity contribution in [3.8, 4) is 0 Å². The minimum Gasteiger partial charge on any atom is -0.479 e. The summed E-state index contributed by atoms with van der Waals surface area (Å²) in [5.74, 6) is -1.20. The maximum Gasteiger partial charge on any atom is 0.332 e. The molecule has 11 heavy (non-hydrogen) atoms. The highest BCUT2D eigenvalue weighted by Crippen LogP contribution is 2.01. The molecule has 0 saturated heterocycles. The number of hydrogen-bond donors (Lipinski definition) is 1. The van der Waals surface area contributed by atoms with Gasteiger partial charge in [-0.15, -0.1) is 0 Å². The Morgan fingerprint density at radius 3 is 2.45 bits per heavy atom. The molecule has 1 atom stereocenters. The van der Waals surface area contributed by atoms with Crippen LogP contribution >= 0.6 is 0 Å². The molecule has 0 aliphatic carbocycles. The van der Waals surface area contributed by atoms with Crippen LogP contribution in [-0.2, 0) is 9.53 Å². The number of aliphatic carboxylic acids is 1. The highest BCUT2D eigenvalue weighted by molar-refractivity contribution is 5.72. The zero-order valence-electron chi connectivity index (χ0n) is 6.09. The number of carboxylic acids is 1. The highest BCUT2D eigenvalue weighted by atomic mass is 19.3. The lowest BCUT2D eigenvalue weighted by Gasteiger charge is -2.09. The molecule has 0 saturated carbocycles. The average molecular weight is 168 g/mol. The molecule has 1 unspecified atom stereocenters. The first-order valence-electron chi connectivity index (χ1n) is 3.20. The number of carboxylic acid groups (broad SMARTS) is 1. The summed E-state index contributed by atoms with van der Waals surface area (Å²) < 4.78 is 27.3. The molecule has 0 amide bonds. The molecule has 5 heteroatoms. The van der Waals surface area contributed by atoms with Crippen molar-refractivity contribution in [1.29, 1.82) is 0 Å². The standard InChI is InChI=1S/C6H10F2O3/c1-2-4(6(9)10)11-3-5(7)8/h4-5H,2-3H2,1H3,(H,9,10). The summed E-state index contributed by atoms with van der Waals surface area (Å²) in [4.78, 5) is 10.2. The van der Waals surface area contributed by atoms with Gasteiger partial charge in [0.15, 0.2) is 6.10 Å². The Kier molecular flexibility index (Phi) is 4.69. The van der Waals surface area contributed by atoms with Gasteiger partial charge in [-0.3, -0.25) is 0 Å². The van der Waals surface area contributed by atoms with Crippen molar-refractivity contribution in [1.82, 2.24) is 0 Å². The third-order valence-electron chi connectivity index (χ3n) is 1.07. The van der Waals surface area contributed by atoms with Gasteiger partial charge in [-0.05, 0) is 6.42 Å². The number of carbonyl (C=O) groups is 1. The van der Waals surface area contributed by atoms with E-state index < -0.39 is 25.1 Å². The highest BCUT2D eigenvalue weighted by Gasteiger charge is 2.17. The lowest BCUT2D eigenvalue weighted by molar-refractivity contribution is -0.153. The zero-order chi connectivity index (χ0) is 8.85. The summed E-state index contributed by atoms with van der Waals surface area (Å²) in [7, 11) is 0. The van der Waals surface area contributed by atoms with Crippen molar-refractivity contribution < 1.29 is 23.4 Å². The minimum atomic E-state index is -2.61. The molecule has 0 heterocycles. The van der Waals surface area contributed by atoms with Crippen molar-refractivity contribution in [3.05, 3.63) is 0 Å². The van der Waals surface area contributed by atoms with E-state index >= 15 is 0 Å². The van der Waals surface area contributed by atoms with Crippen molar-refractivity contribution in [2.45, 2.75) is 25.9 Å². The minimum absolute atomic E-state index is 0.196. The lowest BCUT2D eigenvalue weighted by Crippen LogP contribution is -2.25. The van der Waals surface area contributed by atoms with Crippen LogP contribution in [0.25, 0.3) is 0 Å². The molecule has 0 radical (unpaired) electrons. The zero-order valence-corrected chi connectivity index (χ0v) is 6.09. The number of ether oxygens (including phenoxy) is 1. The normalized spacial score (nSPS) is 13.5. The van der Waals surface area contributed by atoms with Crippen LogP contribution in [0.3, 0.4) is 0 Å². The fourth-order valence-corrected chi connectivity index (χ4v) is 0.553. The third kappa shape index (κ3) is 4.66. The van der Waals surface area contributed by atoms with Crippen LogP contribution in [0, 0.1) is 0 Å². The van der Waals surface area contributed by atoms with Gasteiger partial charge < -0.3 is 9.84 Å². The first-order chi connectivity index (χ1) is 5.07. The van der Waals surface area contributed by atoms with Gasteiger partial charge in [0.05, 0.1) is 0 Å². The molecule has 3 nitrogen and oxygen atoms in total. The molecular formula is C6H10F2O3. The van der Waals surface area contributed by atoms with E-state index in [9.17, 15) is 13.6 Å². The van der Waals surface area contributed by atoms with E-state index in [1.807, 2.05) is 0 Å². The average Bonchev–Trinajstić information content (AvgIpc) is 1.87. The van der Waals surface area contributed by atoms with Crippen LogP contribution in [0.4, 0.5) is 8.78 Å². The molecule has 0 aliphatic rings. The van der Waals surface area contributed by atoms with Crippen molar-refractivity contribution in [3.63, 3.8) is 0 Å². The Hall–Kier alpha value is -0.710. The van der Waals surface area contributed by atoms with E-state index in [2.05, 4.69) is 4.74 Å². The summed E-state index contributed by atoms with van der Waals surface area (Å²) in [6, 6.07) is 0. The van der Waals surface area contributed by atoms with Crippen LogP contribution in [0.5, 0.6) is 0 Å². The van der Waals surface area contributed by atoms with E-state index in [4.69, 9.17) is 5.11 Å². The SMILES string of the molecule is CCC(OCC(F)F)C(=O)O. The summed E-state index contributed by atoms with van der Waals surface area (Å²) >= 11 is 0.